The van der Waals surface area contributed by atoms with Crippen LogP contribution in [-0.4, -0.2) is 30.9 Å². The highest BCUT2D eigenvalue weighted by Crippen LogP contribution is 2.28. The minimum atomic E-state index is -0.605. The van der Waals surface area contributed by atoms with Crippen molar-refractivity contribution in [3.05, 3.63) is 46.7 Å². The van der Waals surface area contributed by atoms with Crippen LogP contribution in [0.5, 0.6) is 0 Å². The second kappa shape index (κ2) is 7.49. The minimum absolute atomic E-state index is 0.216. The highest BCUT2D eigenvalue weighted by molar-refractivity contribution is 7.12. The molecular weight excluding hydrogens is 322 g/mol. The van der Waals surface area contributed by atoms with E-state index in [9.17, 15) is 9.59 Å². The van der Waals surface area contributed by atoms with Gasteiger partial charge in [0.1, 0.15) is 6.04 Å². The summed E-state index contributed by atoms with van der Waals surface area (Å²) in [6, 6.07) is 10.8. The standard InChI is InChI=1S/C18H21N3O2S/c1-13(19-18(23)16-9-6-12-24-16)17(22)20-14-7-2-3-8-15(14)21-10-4-5-11-21/h2-3,6-9,12-13H,4-5,10-11H2,1H3,(H,19,23)(H,20,22)/t13-/m0/s1. The Hall–Kier alpha value is -2.34. The maximum Gasteiger partial charge on any atom is 0.261 e. The first-order valence-electron chi connectivity index (χ1n) is 8.14. The van der Waals surface area contributed by atoms with Gasteiger partial charge in [-0.15, -0.1) is 11.3 Å². The SMILES string of the molecule is C[C@H](NC(=O)c1cccs1)C(=O)Nc1ccccc1N1CCCC1. The maximum atomic E-state index is 12.4. The predicted octanol–water partition coefficient (Wildman–Crippen LogP) is 3.11. The molecule has 1 fully saturated rings. The fraction of sp³-hybridized carbons (Fsp3) is 0.333. The van der Waals surface area contributed by atoms with Crippen molar-refractivity contribution in [2.24, 2.45) is 0 Å². The summed E-state index contributed by atoms with van der Waals surface area (Å²) < 4.78 is 0. The van der Waals surface area contributed by atoms with E-state index in [4.69, 9.17) is 0 Å². The highest BCUT2D eigenvalue weighted by Gasteiger charge is 2.20. The fourth-order valence-corrected chi connectivity index (χ4v) is 3.42. The molecule has 1 saturated heterocycles. The third-order valence-corrected chi connectivity index (χ3v) is 4.96. The number of rotatable bonds is 5. The van der Waals surface area contributed by atoms with Crippen molar-refractivity contribution in [1.29, 1.82) is 0 Å². The number of benzene rings is 1. The Morgan fingerprint density at radius 1 is 1.12 bits per heavy atom. The number of hydrogen-bond donors (Lipinski definition) is 2. The van der Waals surface area contributed by atoms with E-state index in [0.717, 1.165) is 24.5 Å². The normalized spacial score (nSPS) is 15.1. The van der Waals surface area contributed by atoms with E-state index in [0.29, 0.717) is 4.88 Å². The van der Waals surface area contributed by atoms with Gasteiger partial charge in [-0.05, 0) is 43.3 Å². The fourth-order valence-electron chi connectivity index (χ4n) is 2.80. The molecular formula is C18H21N3O2S. The molecule has 0 saturated carbocycles. The Labute approximate surface area is 145 Å². The summed E-state index contributed by atoms with van der Waals surface area (Å²) >= 11 is 1.36. The molecule has 3 rings (SSSR count). The van der Waals surface area contributed by atoms with E-state index in [1.165, 1.54) is 24.2 Å². The molecule has 24 heavy (non-hydrogen) atoms. The average molecular weight is 343 g/mol. The molecule has 0 radical (unpaired) electrons. The lowest BCUT2D eigenvalue weighted by atomic mass is 10.2. The Kier molecular flexibility index (Phi) is 5.15. The molecule has 5 nitrogen and oxygen atoms in total. The van der Waals surface area contributed by atoms with Gasteiger partial charge in [-0.25, -0.2) is 0 Å². The summed E-state index contributed by atoms with van der Waals surface area (Å²) in [5.41, 5.74) is 1.83. The summed E-state index contributed by atoms with van der Waals surface area (Å²) in [7, 11) is 0. The van der Waals surface area contributed by atoms with E-state index < -0.39 is 6.04 Å². The molecule has 0 aliphatic carbocycles. The van der Waals surface area contributed by atoms with Crippen molar-refractivity contribution >= 4 is 34.5 Å². The lowest BCUT2D eigenvalue weighted by Crippen LogP contribution is -2.41. The van der Waals surface area contributed by atoms with Crippen LogP contribution in [-0.2, 0) is 4.79 Å². The predicted molar refractivity (Wildman–Crippen MR) is 97.8 cm³/mol. The van der Waals surface area contributed by atoms with E-state index in [1.54, 1.807) is 13.0 Å². The summed E-state index contributed by atoms with van der Waals surface area (Å²) in [5, 5.41) is 7.52. The van der Waals surface area contributed by atoms with Crippen molar-refractivity contribution in [3.8, 4) is 0 Å². The Morgan fingerprint density at radius 2 is 1.88 bits per heavy atom. The molecule has 2 aromatic rings. The first kappa shape index (κ1) is 16.5. The molecule has 2 heterocycles. The van der Waals surface area contributed by atoms with Gasteiger partial charge in [0.25, 0.3) is 5.91 Å². The molecule has 1 aliphatic rings. The Bertz CT molecular complexity index is 709. The number of thiophene rings is 1. The largest absolute Gasteiger partial charge is 0.370 e. The number of carbonyl (C=O) groups excluding carboxylic acids is 2. The van der Waals surface area contributed by atoms with Crippen LogP contribution in [0.4, 0.5) is 11.4 Å². The molecule has 0 spiro atoms. The third-order valence-electron chi connectivity index (χ3n) is 4.09. The van der Waals surface area contributed by atoms with Crippen molar-refractivity contribution in [2.75, 3.05) is 23.3 Å². The number of hydrogen-bond acceptors (Lipinski definition) is 4. The van der Waals surface area contributed by atoms with Crippen LogP contribution in [0.3, 0.4) is 0 Å². The van der Waals surface area contributed by atoms with Crippen molar-refractivity contribution in [1.82, 2.24) is 5.32 Å². The quantitative estimate of drug-likeness (QED) is 0.877. The number of amides is 2. The zero-order valence-electron chi connectivity index (χ0n) is 13.6. The van der Waals surface area contributed by atoms with Crippen LogP contribution in [0.2, 0.25) is 0 Å². The van der Waals surface area contributed by atoms with Crippen LogP contribution in [0.25, 0.3) is 0 Å². The lowest BCUT2D eigenvalue weighted by Gasteiger charge is -2.22. The topological polar surface area (TPSA) is 61.4 Å². The summed E-state index contributed by atoms with van der Waals surface area (Å²) in [5.74, 6) is -0.438. The van der Waals surface area contributed by atoms with Gasteiger partial charge in [0.2, 0.25) is 5.91 Å². The smallest absolute Gasteiger partial charge is 0.261 e. The monoisotopic (exact) mass is 343 g/mol. The number of nitrogens with one attached hydrogen (secondary N) is 2. The van der Waals surface area contributed by atoms with Gasteiger partial charge in [0.15, 0.2) is 0 Å². The van der Waals surface area contributed by atoms with Gasteiger partial charge < -0.3 is 15.5 Å². The summed E-state index contributed by atoms with van der Waals surface area (Å²) in [4.78, 5) is 27.4. The van der Waals surface area contributed by atoms with E-state index >= 15 is 0 Å². The summed E-state index contributed by atoms with van der Waals surface area (Å²) in [6.45, 7) is 3.72. The molecule has 6 heteroatoms. The number of nitrogens with zero attached hydrogens (tertiary/aromatic N) is 1. The molecule has 2 amide bonds. The van der Waals surface area contributed by atoms with Crippen LogP contribution in [0, 0.1) is 0 Å². The maximum absolute atomic E-state index is 12.4. The molecule has 1 aromatic carbocycles. The molecule has 1 atom stereocenters. The van der Waals surface area contributed by atoms with Crippen LogP contribution >= 0.6 is 11.3 Å². The van der Waals surface area contributed by atoms with Crippen molar-refractivity contribution in [3.63, 3.8) is 0 Å². The van der Waals surface area contributed by atoms with Crippen LogP contribution in [0.15, 0.2) is 41.8 Å². The molecule has 126 valence electrons. The van der Waals surface area contributed by atoms with Crippen molar-refractivity contribution in [2.45, 2.75) is 25.8 Å². The van der Waals surface area contributed by atoms with Gasteiger partial charge in [0.05, 0.1) is 16.3 Å². The second-order valence-electron chi connectivity index (χ2n) is 5.87. The van der Waals surface area contributed by atoms with Gasteiger partial charge in [-0.2, -0.15) is 0 Å². The number of carbonyl (C=O) groups is 2. The van der Waals surface area contributed by atoms with Crippen LogP contribution < -0.4 is 15.5 Å². The van der Waals surface area contributed by atoms with Crippen molar-refractivity contribution < 1.29 is 9.59 Å². The molecule has 0 unspecified atom stereocenters. The molecule has 0 bridgehead atoms. The molecule has 1 aliphatic heterocycles. The number of para-hydroxylation sites is 2. The van der Waals surface area contributed by atoms with E-state index in [1.807, 2.05) is 35.7 Å². The van der Waals surface area contributed by atoms with Gasteiger partial charge in [0, 0.05) is 13.1 Å². The second-order valence-corrected chi connectivity index (χ2v) is 6.82. The zero-order chi connectivity index (χ0) is 16.9. The van der Waals surface area contributed by atoms with Gasteiger partial charge >= 0.3 is 0 Å². The first-order chi connectivity index (χ1) is 11.6. The third kappa shape index (κ3) is 3.76. The number of anilines is 2. The molecule has 2 N–H and O–H groups in total. The Morgan fingerprint density at radius 3 is 2.58 bits per heavy atom. The Balaban J connectivity index is 1.65. The van der Waals surface area contributed by atoms with E-state index in [2.05, 4.69) is 15.5 Å². The van der Waals surface area contributed by atoms with Gasteiger partial charge in [-0.3, -0.25) is 9.59 Å². The average Bonchev–Trinajstić information content (AvgIpc) is 3.29. The zero-order valence-corrected chi connectivity index (χ0v) is 14.4. The summed E-state index contributed by atoms with van der Waals surface area (Å²) in [6.07, 6.45) is 2.35. The first-order valence-corrected chi connectivity index (χ1v) is 9.02. The van der Waals surface area contributed by atoms with Crippen LogP contribution in [0.1, 0.15) is 29.4 Å². The molecule has 1 aromatic heterocycles. The van der Waals surface area contributed by atoms with Gasteiger partial charge in [-0.1, -0.05) is 18.2 Å². The van der Waals surface area contributed by atoms with E-state index in [-0.39, 0.29) is 11.8 Å². The minimum Gasteiger partial charge on any atom is -0.370 e. The highest BCUT2D eigenvalue weighted by atomic mass is 32.1. The lowest BCUT2D eigenvalue weighted by molar-refractivity contribution is -0.117.